The van der Waals surface area contributed by atoms with Crippen molar-refractivity contribution in [3.05, 3.63) is 58.9 Å². The summed E-state index contributed by atoms with van der Waals surface area (Å²) in [7, 11) is 0. The van der Waals surface area contributed by atoms with Gasteiger partial charge in [-0.1, -0.05) is 17.7 Å². The molecule has 2 aromatic heterocycles. The van der Waals surface area contributed by atoms with E-state index in [0.717, 1.165) is 5.69 Å². The third-order valence-corrected chi connectivity index (χ3v) is 3.36. The number of benzene rings is 1. The van der Waals surface area contributed by atoms with Crippen molar-refractivity contribution in [1.82, 2.24) is 9.38 Å². The van der Waals surface area contributed by atoms with Gasteiger partial charge >= 0.3 is 5.97 Å². The molecule has 0 saturated carbocycles. The number of aromatic nitrogens is 2. The molecule has 3 aromatic rings. The standard InChI is InChI=1S/C15H11ClN4O2/c1-9-3-2-4-12-17-13(15(21)22)14(20(9)12)19-18-11-7-5-10(16)6-8-11/h2-8H,1H3,(H,21,22). The number of halogens is 1. The maximum atomic E-state index is 11.4. The molecule has 0 bridgehead atoms. The number of carboxylic acid groups (broad SMARTS) is 1. The Balaban J connectivity index is 2.14. The van der Waals surface area contributed by atoms with Gasteiger partial charge in [-0.3, -0.25) is 4.40 Å². The van der Waals surface area contributed by atoms with Crippen LogP contribution < -0.4 is 0 Å². The summed E-state index contributed by atoms with van der Waals surface area (Å²) in [5.41, 5.74) is 1.78. The van der Waals surface area contributed by atoms with E-state index in [9.17, 15) is 9.90 Å². The van der Waals surface area contributed by atoms with Crippen molar-refractivity contribution in [2.45, 2.75) is 6.92 Å². The predicted octanol–water partition coefficient (Wildman–Crippen LogP) is 4.41. The molecule has 6 nitrogen and oxygen atoms in total. The lowest BCUT2D eigenvalue weighted by molar-refractivity contribution is 0.0692. The molecule has 0 radical (unpaired) electrons. The molecule has 0 spiro atoms. The number of imidazole rings is 1. The van der Waals surface area contributed by atoms with E-state index < -0.39 is 5.97 Å². The summed E-state index contributed by atoms with van der Waals surface area (Å²) in [4.78, 5) is 15.5. The van der Waals surface area contributed by atoms with Crippen LogP contribution in [0.3, 0.4) is 0 Å². The summed E-state index contributed by atoms with van der Waals surface area (Å²) in [5, 5.41) is 18.0. The number of fused-ring (bicyclic) bond motifs is 1. The van der Waals surface area contributed by atoms with Gasteiger partial charge in [0.15, 0.2) is 11.5 Å². The first-order valence-corrected chi connectivity index (χ1v) is 6.83. The van der Waals surface area contributed by atoms with Gasteiger partial charge in [0.1, 0.15) is 5.65 Å². The minimum absolute atomic E-state index is 0.132. The Morgan fingerprint density at radius 1 is 1.18 bits per heavy atom. The fourth-order valence-corrected chi connectivity index (χ4v) is 2.21. The van der Waals surface area contributed by atoms with Crippen molar-refractivity contribution in [2.75, 3.05) is 0 Å². The molecule has 1 N–H and O–H groups in total. The average molecular weight is 315 g/mol. The number of hydrogen-bond acceptors (Lipinski definition) is 4. The summed E-state index contributed by atoms with van der Waals surface area (Å²) in [6, 6.07) is 12.2. The Kier molecular flexibility index (Phi) is 3.60. The van der Waals surface area contributed by atoms with Crippen LogP contribution in [0.25, 0.3) is 5.65 Å². The number of carboxylic acids is 1. The van der Waals surface area contributed by atoms with Crippen molar-refractivity contribution in [2.24, 2.45) is 10.2 Å². The lowest BCUT2D eigenvalue weighted by Gasteiger charge is -2.00. The molecular formula is C15H11ClN4O2. The minimum atomic E-state index is -1.15. The second-order valence-corrected chi connectivity index (χ2v) is 5.06. The molecule has 0 fully saturated rings. The number of aryl methyl sites for hydroxylation is 1. The topological polar surface area (TPSA) is 79.3 Å². The normalized spacial score (nSPS) is 11.4. The van der Waals surface area contributed by atoms with Gasteiger partial charge < -0.3 is 5.11 Å². The SMILES string of the molecule is Cc1cccc2nc(C(=O)O)c(N=Nc3ccc(Cl)cc3)n12. The second kappa shape index (κ2) is 5.57. The van der Waals surface area contributed by atoms with Crippen molar-refractivity contribution >= 4 is 34.7 Å². The van der Waals surface area contributed by atoms with Crippen molar-refractivity contribution in [1.29, 1.82) is 0 Å². The number of azo groups is 1. The highest BCUT2D eigenvalue weighted by Gasteiger charge is 2.19. The van der Waals surface area contributed by atoms with E-state index in [-0.39, 0.29) is 11.5 Å². The van der Waals surface area contributed by atoms with Crippen LogP contribution in [0.5, 0.6) is 0 Å². The van der Waals surface area contributed by atoms with Crippen LogP contribution in [0.2, 0.25) is 5.02 Å². The molecule has 0 unspecified atom stereocenters. The molecule has 0 aliphatic carbocycles. The Hall–Kier alpha value is -2.73. The zero-order valence-corrected chi connectivity index (χ0v) is 12.3. The molecule has 0 amide bonds. The highest BCUT2D eigenvalue weighted by atomic mass is 35.5. The predicted molar refractivity (Wildman–Crippen MR) is 82.5 cm³/mol. The number of aromatic carboxylic acids is 1. The summed E-state index contributed by atoms with van der Waals surface area (Å²) in [5.74, 6) is -0.955. The van der Waals surface area contributed by atoms with Gasteiger partial charge in [0, 0.05) is 10.7 Å². The Morgan fingerprint density at radius 3 is 2.59 bits per heavy atom. The Labute approximate surface area is 130 Å². The first-order chi connectivity index (χ1) is 10.6. The first kappa shape index (κ1) is 14.2. The molecule has 0 aliphatic heterocycles. The molecule has 7 heteroatoms. The van der Waals surface area contributed by atoms with Crippen molar-refractivity contribution in [3.8, 4) is 0 Å². The van der Waals surface area contributed by atoms with Crippen LogP contribution in [-0.4, -0.2) is 20.5 Å². The van der Waals surface area contributed by atoms with Crippen LogP contribution in [-0.2, 0) is 0 Å². The summed E-state index contributed by atoms with van der Waals surface area (Å²) in [6.45, 7) is 1.85. The van der Waals surface area contributed by atoms with Crippen LogP contribution >= 0.6 is 11.6 Å². The molecule has 3 rings (SSSR count). The molecule has 2 heterocycles. The van der Waals surface area contributed by atoms with E-state index in [1.807, 2.05) is 19.1 Å². The number of rotatable bonds is 3. The molecule has 0 aliphatic rings. The fourth-order valence-electron chi connectivity index (χ4n) is 2.08. The quantitative estimate of drug-likeness (QED) is 0.727. The zero-order valence-electron chi connectivity index (χ0n) is 11.6. The second-order valence-electron chi connectivity index (χ2n) is 4.63. The average Bonchev–Trinajstić information content (AvgIpc) is 2.87. The van der Waals surface area contributed by atoms with Gasteiger partial charge in [0.05, 0.1) is 5.69 Å². The number of hydrogen-bond donors (Lipinski definition) is 1. The maximum absolute atomic E-state index is 11.4. The van der Waals surface area contributed by atoms with E-state index in [4.69, 9.17) is 11.6 Å². The molecular weight excluding hydrogens is 304 g/mol. The lowest BCUT2D eigenvalue weighted by Crippen LogP contribution is -1.97. The first-order valence-electron chi connectivity index (χ1n) is 6.45. The van der Waals surface area contributed by atoms with Crippen molar-refractivity contribution in [3.63, 3.8) is 0 Å². The van der Waals surface area contributed by atoms with Crippen LogP contribution in [0.4, 0.5) is 11.5 Å². The number of pyridine rings is 1. The van der Waals surface area contributed by atoms with E-state index in [0.29, 0.717) is 16.4 Å². The summed E-state index contributed by atoms with van der Waals surface area (Å²) < 4.78 is 1.66. The summed E-state index contributed by atoms with van der Waals surface area (Å²) in [6.07, 6.45) is 0. The third kappa shape index (κ3) is 2.56. The maximum Gasteiger partial charge on any atom is 0.358 e. The van der Waals surface area contributed by atoms with Crippen LogP contribution in [0, 0.1) is 6.92 Å². The number of carbonyl (C=O) groups is 1. The van der Waals surface area contributed by atoms with Crippen molar-refractivity contribution < 1.29 is 9.90 Å². The molecule has 0 atom stereocenters. The highest BCUT2D eigenvalue weighted by Crippen LogP contribution is 2.26. The van der Waals surface area contributed by atoms with Gasteiger partial charge in [-0.25, -0.2) is 9.78 Å². The van der Waals surface area contributed by atoms with E-state index in [1.54, 1.807) is 34.7 Å². The van der Waals surface area contributed by atoms with E-state index in [2.05, 4.69) is 15.2 Å². The van der Waals surface area contributed by atoms with Gasteiger partial charge in [0.2, 0.25) is 0 Å². The van der Waals surface area contributed by atoms with Crippen LogP contribution in [0.15, 0.2) is 52.7 Å². The monoisotopic (exact) mass is 314 g/mol. The van der Waals surface area contributed by atoms with Crippen LogP contribution in [0.1, 0.15) is 16.2 Å². The zero-order chi connectivity index (χ0) is 15.7. The Morgan fingerprint density at radius 2 is 1.91 bits per heavy atom. The van der Waals surface area contributed by atoms with Gasteiger partial charge in [-0.2, -0.15) is 0 Å². The third-order valence-electron chi connectivity index (χ3n) is 3.10. The summed E-state index contributed by atoms with van der Waals surface area (Å²) >= 11 is 5.81. The molecule has 1 aromatic carbocycles. The molecule has 22 heavy (non-hydrogen) atoms. The van der Waals surface area contributed by atoms with Gasteiger partial charge in [0.25, 0.3) is 0 Å². The number of nitrogens with zero attached hydrogens (tertiary/aromatic N) is 4. The van der Waals surface area contributed by atoms with Gasteiger partial charge in [-0.15, -0.1) is 10.2 Å². The lowest BCUT2D eigenvalue weighted by atomic mass is 10.3. The van der Waals surface area contributed by atoms with E-state index >= 15 is 0 Å². The smallest absolute Gasteiger partial charge is 0.358 e. The Bertz CT molecular complexity index is 884. The minimum Gasteiger partial charge on any atom is -0.476 e. The van der Waals surface area contributed by atoms with Gasteiger partial charge in [-0.05, 0) is 43.3 Å². The fraction of sp³-hybridized carbons (Fsp3) is 0.0667. The largest absolute Gasteiger partial charge is 0.476 e. The van der Waals surface area contributed by atoms with E-state index in [1.165, 1.54) is 0 Å². The molecule has 0 saturated heterocycles. The molecule has 110 valence electrons. The highest BCUT2D eigenvalue weighted by molar-refractivity contribution is 6.30.